The Kier molecular flexibility index (Phi) is 3.59. The average molecular weight is 303 g/mol. The summed E-state index contributed by atoms with van der Waals surface area (Å²) in [5.41, 5.74) is -0.700. The Morgan fingerprint density at radius 2 is 1.81 bits per heavy atom. The molecule has 3 rings (SSSR count). The first-order chi connectivity index (χ1) is 9.88. The van der Waals surface area contributed by atoms with Crippen LogP contribution in [0, 0.1) is 11.2 Å². The van der Waals surface area contributed by atoms with Crippen molar-refractivity contribution in [3.63, 3.8) is 0 Å². The van der Waals surface area contributed by atoms with Gasteiger partial charge < -0.3 is 10.1 Å². The summed E-state index contributed by atoms with van der Waals surface area (Å²) >= 11 is 0. The van der Waals surface area contributed by atoms with Gasteiger partial charge in [-0.3, -0.25) is 0 Å². The zero-order valence-corrected chi connectivity index (χ0v) is 11.5. The second kappa shape index (κ2) is 5.16. The number of nitrogens with one attached hydrogen (secondary N) is 1. The highest BCUT2D eigenvalue weighted by Gasteiger charge is 2.46. The lowest BCUT2D eigenvalue weighted by Crippen LogP contribution is -2.49. The van der Waals surface area contributed by atoms with Crippen LogP contribution in [0.4, 0.5) is 17.6 Å². The van der Waals surface area contributed by atoms with Crippen LogP contribution in [0.1, 0.15) is 31.2 Å². The zero-order chi connectivity index (χ0) is 15.1. The van der Waals surface area contributed by atoms with E-state index in [0.29, 0.717) is 6.07 Å². The van der Waals surface area contributed by atoms with E-state index in [4.69, 9.17) is 4.74 Å². The van der Waals surface area contributed by atoms with Crippen molar-refractivity contribution in [2.75, 3.05) is 13.1 Å². The molecular formula is C15H17F4NO. The molecule has 116 valence electrons. The van der Waals surface area contributed by atoms with Gasteiger partial charge in [-0.1, -0.05) is 0 Å². The average Bonchev–Trinajstić information content (AvgIpc) is 2.39. The monoisotopic (exact) mass is 303 g/mol. The van der Waals surface area contributed by atoms with Gasteiger partial charge in [0.2, 0.25) is 0 Å². The van der Waals surface area contributed by atoms with E-state index in [1.165, 1.54) is 0 Å². The fraction of sp³-hybridized carbons (Fsp3) is 0.600. The summed E-state index contributed by atoms with van der Waals surface area (Å²) in [5, 5.41) is 3.29. The summed E-state index contributed by atoms with van der Waals surface area (Å²) in [6.45, 7) is 1.97. The normalized spacial score (nSPS) is 22.1. The first-order valence-corrected chi connectivity index (χ1v) is 7.12. The van der Waals surface area contributed by atoms with E-state index in [-0.39, 0.29) is 17.3 Å². The maximum Gasteiger partial charge on any atom is 0.416 e. The highest BCUT2D eigenvalue weighted by molar-refractivity contribution is 5.31. The summed E-state index contributed by atoms with van der Waals surface area (Å²) in [6.07, 6.45) is -0.737. The molecule has 1 aliphatic heterocycles. The lowest BCUT2D eigenvalue weighted by Gasteiger charge is -2.49. The highest BCUT2D eigenvalue weighted by atomic mass is 19.4. The fourth-order valence-corrected chi connectivity index (χ4v) is 3.31. The van der Waals surface area contributed by atoms with Crippen LogP contribution < -0.4 is 10.1 Å². The number of alkyl halides is 3. The Hall–Kier alpha value is -1.30. The number of benzene rings is 1. The molecule has 2 fully saturated rings. The molecule has 0 aromatic heterocycles. The molecule has 2 nitrogen and oxygen atoms in total. The van der Waals surface area contributed by atoms with Crippen LogP contribution in [-0.4, -0.2) is 19.2 Å². The maximum absolute atomic E-state index is 13.7. The molecule has 1 aromatic rings. The van der Waals surface area contributed by atoms with Gasteiger partial charge in [-0.2, -0.15) is 13.2 Å². The molecule has 1 aromatic carbocycles. The summed E-state index contributed by atoms with van der Waals surface area (Å²) < 4.78 is 56.6. The third kappa shape index (κ3) is 3.00. The van der Waals surface area contributed by atoms with E-state index in [1.54, 1.807) is 0 Å². The number of piperidine rings is 1. The van der Waals surface area contributed by atoms with E-state index >= 15 is 0 Å². The number of hydrogen-bond donors (Lipinski definition) is 1. The summed E-state index contributed by atoms with van der Waals surface area (Å²) in [6, 6.07) is 2.43. The van der Waals surface area contributed by atoms with Gasteiger partial charge in [0.25, 0.3) is 0 Å². The van der Waals surface area contributed by atoms with Crippen molar-refractivity contribution < 1.29 is 22.3 Å². The first-order valence-electron chi connectivity index (χ1n) is 7.12. The molecule has 0 radical (unpaired) electrons. The number of halogens is 4. The SMILES string of the molecule is Fc1cc(C(F)(F)F)ccc1OC1CC2(CCNCC2)C1. The Morgan fingerprint density at radius 3 is 2.38 bits per heavy atom. The lowest BCUT2D eigenvalue weighted by atomic mass is 9.62. The number of hydrogen-bond acceptors (Lipinski definition) is 2. The Bertz CT molecular complexity index is 515. The molecule has 21 heavy (non-hydrogen) atoms. The fourth-order valence-electron chi connectivity index (χ4n) is 3.31. The Labute approximate surface area is 120 Å². The van der Waals surface area contributed by atoms with Gasteiger partial charge in [-0.05, 0) is 62.4 Å². The van der Waals surface area contributed by atoms with Crippen LogP contribution >= 0.6 is 0 Å². The van der Waals surface area contributed by atoms with E-state index < -0.39 is 17.6 Å². The molecule has 2 aliphatic rings. The van der Waals surface area contributed by atoms with Gasteiger partial charge in [0.1, 0.15) is 0 Å². The second-order valence-electron chi connectivity index (χ2n) is 6.04. The van der Waals surface area contributed by atoms with Crippen LogP contribution in [0.15, 0.2) is 18.2 Å². The quantitative estimate of drug-likeness (QED) is 0.840. The standard InChI is InChI=1S/C15H17F4NO/c16-12-7-10(15(17,18)19)1-2-13(12)21-11-8-14(9-11)3-5-20-6-4-14/h1-2,7,11,20H,3-6,8-9H2. The smallest absolute Gasteiger partial charge is 0.416 e. The first kappa shape index (κ1) is 14.6. The van der Waals surface area contributed by atoms with Crippen molar-refractivity contribution in [1.29, 1.82) is 0 Å². The molecule has 1 spiro atoms. The maximum atomic E-state index is 13.7. The minimum absolute atomic E-state index is 0.0863. The van der Waals surface area contributed by atoms with Gasteiger partial charge in [0.15, 0.2) is 11.6 Å². The zero-order valence-electron chi connectivity index (χ0n) is 11.5. The Balaban J connectivity index is 1.62. The van der Waals surface area contributed by atoms with E-state index in [9.17, 15) is 17.6 Å². The molecule has 0 bridgehead atoms. The van der Waals surface area contributed by atoms with Crippen molar-refractivity contribution in [3.05, 3.63) is 29.6 Å². The van der Waals surface area contributed by atoms with Crippen molar-refractivity contribution in [2.45, 2.75) is 38.0 Å². The van der Waals surface area contributed by atoms with Gasteiger partial charge in [-0.25, -0.2) is 4.39 Å². The van der Waals surface area contributed by atoms with Crippen LogP contribution in [0.2, 0.25) is 0 Å². The van der Waals surface area contributed by atoms with Crippen LogP contribution in [0.25, 0.3) is 0 Å². The van der Waals surface area contributed by atoms with E-state index in [2.05, 4.69) is 5.32 Å². The molecule has 1 N–H and O–H groups in total. The highest BCUT2D eigenvalue weighted by Crippen LogP contribution is 2.49. The minimum atomic E-state index is -4.53. The third-order valence-corrected chi connectivity index (χ3v) is 4.54. The number of rotatable bonds is 2. The van der Waals surface area contributed by atoms with Crippen molar-refractivity contribution >= 4 is 0 Å². The predicted molar refractivity (Wildman–Crippen MR) is 69.6 cm³/mol. The molecule has 6 heteroatoms. The van der Waals surface area contributed by atoms with Crippen LogP contribution in [0.3, 0.4) is 0 Å². The van der Waals surface area contributed by atoms with Gasteiger partial charge in [0, 0.05) is 0 Å². The predicted octanol–water partition coefficient (Wildman–Crippen LogP) is 3.76. The molecule has 1 saturated heterocycles. The minimum Gasteiger partial charge on any atom is -0.487 e. The third-order valence-electron chi connectivity index (χ3n) is 4.54. The van der Waals surface area contributed by atoms with Crippen molar-refractivity contribution in [3.8, 4) is 5.75 Å². The molecule has 1 saturated carbocycles. The van der Waals surface area contributed by atoms with Crippen LogP contribution in [-0.2, 0) is 6.18 Å². The van der Waals surface area contributed by atoms with Gasteiger partial charge >= 0.3 is 6.18 Å². The second-order valence-corrected chi connectivity index (χ2v) is 6.04. The largest absolute Gasteiger partial charge is 0.487 e. The lowest BCUT2D eigenvalue weighted by molar-refractivity contribution is -0.137. The van der Waals surface area contributed by atoms with Gasteiger partial charge in [-0.15, -0.1) is 0 Å². The van der Waals surface area contributed by atoms with Crippen molar-refractivity contribution in [1.82, 2.24) is 5.32 Å². The van der Waals surface area contributed by atoms with Crippen LogP contribution in [0.5, 0.6) is 5.75 Å². The molecule has 1 aliphatic carbocycles. The van der Waals surface area contributed by atoms with E-state index in [0.717, 1.165) is 50.9 Å². The van der Waals surface area contributed by atoms with Crippen molar-refractivity contribution in [2.24, 2.45) is 5.41 Å². The molecule has 0 unspecified atom stereocenters. The van der Waals surface area contributed by atoms with Gasteiger partial charge in [0.05, 0.1) is 11.7 Å². The Morgan fingerprint density at radius 1 is 1.14 bits per heavy atom. The molecule has 1 heterocycles. The van der Waals surface area contributed by atoms with E-state index in [1.807, 2.05) is 0 Å². The topological polar surface area (TPSA) is 21.3 Å². The summed E-state index contributed by atoms with van der Waals surface area (Å²) in [5.74, 6) is -1.03. The summed E-state index contributed by atoms with van der Waals surface area (Å²) in [7, 11) is 0. The molecular weight excluding hydrogens is 286 g/mol. The number of ether oxygens (including phenoxy) is 1. The molecule has 0 amide bonds. The summed E-state index contributed by atoms with van der Waals surface area (Å²) in [4.78, 5) is 0. The molecule has 0 atom stereocenters.